The fourth-order valence-electron chi connectivity index (χ4n) is 3.82. The molecule has 25 heavy (non-hydrogen) atoms. The maximum Gasteiger partial charge on any atom is 0.220 e. The van der Waals surface area contributed by atoms with Crippen LogP contribution in [0.25, 0.3) is 0 Å². The number of nitrogens with zero attached hydrogens (tertiary/aromatic N) is 3. The molecule has 2 heterocycles. The average molecular weight is 465 g/mol. The molecule has 146 valence electrons. The van der Waals surface area contributed by atoms with Gasteiger partial charge in [-0.3, -0.25) is 9.79 Å². The first-order valence-corrected chi connectivity index (χ1v) is 9.57. The van der Waals surface area contributed by atoms with Crippen molar-refractivity contribution in [2.75, 3.05) is 46.3 Å². The second kappa shape index (κ2) is 11.9. The van der Waals surface area contributed by atoms with Crippen molar-refractivity contribution in [1.82, 2.24) is 15.1 Å². The van der Waals surface area contributed by atoms with Gasteiger partial charge in [-0.05, 0) is 64.1 Å². The molecule has 1 unspecified atom stereocenters. The first-order chi connectivity index (χ1) is 11.6. The Hall–Kier alpha value is -0.570. The predicted molar refractivity (Wildman–Crippen MR) is 114 cm³/mol. The van der Waals surface area contributed by atoms with Crippen molar-refractivity contribution in [3.8, 4) is 0 Å². The predicted octanol–water partition coefficient (Wildman–Crippen LogP) is 1.89. The Balaban J connectivity index is 0.00000312. The summed E-state index contributed by atoms with van der Waals surface area (Å²) in [5.41, 5.74) is 5.38. The van der Waals surface area contributed by atoms with Gasteiger partial charge in [-0.1, -0.05) is 6.92 Å². The summed E-state index contributed by atoms with van der Waals surface area (Å²) >= 11 is 0. The minimum Gasteiger partial charge on any atom is -0.369 e. The van der Waals surface area contributed by atoms with Crippen molar-refractivity contribution >= 4 is 35.8 Å². The van der Waals surface area contributed by atoms with Crippen LogP contribution in [-0.2, 0) is 4.79 Å². The number of aliphatic imine (C=N–C) groups is 1. The van der Waals surface area contributed by atoms with E-state index < -0.39 is 0 Å². The van der Waals surface area contributed by atoms with Crippen molar-refractivity contribution in [2.24, 2.45) is 22.6 Å². The van der Waals surface area contributed by atoms with E-state index in [0.717, 1.165) is 70.4 Å². The minimum absolute atomic E-state index is 0. The van der Waals surface area contributed by atoms with Crippen LogP contribution in [0.2, 0.25) is 0 Å². The number of unbranched alkanes of at least 4 members (excludes halogenated alkanes) is 1. The number of likely N-dealkylation sites (tertiary alicyclic amines) is 2. The fraction of sp³-hybridized carbons (Fsp3) is 0.889. The minimum atomic E-state index is -0.128. The van der Waals surface area contributed by atoms with Gasteiger partial charge >= 0.3 is 0 Å². The van der Waals surface area contributed by atoms with Crippen LogP contribution in [-0.4, -0.2) is 68.0 Å². The average Bonchev–Trinajstić information content (AvgIpc) is 2.58. The van der Waals surface area contributed by atoms with Gasteiger partial charge in [0.15, 0.2) is 5.96 Å². The number of rotatable bonds is 6. The fourth-order valence-corrected chi connectivity index (χ4v) is 3.82. The summed E-state index contributed by atoms with van der Waals surface area (Å²) in [6.07, 6.45) is 6.78. The third kappa shape index (κ3) is 7.68. The summed E-state index contributed by atoms with van der Waals surface area (Å²) in [7, 11) is 1.88. The molecule has 0 aromatic heterocycles. The molecule has 2 aliphatic heterocycles. The molecule has 2 fully saturated rings. The molecule has 0 aromatic carbocycles. The van der Waals surface area contributed by atoms with Crippen molar-refractivity contribution < 1.29 is 4.79 Å². The quantitative estimate of drug-likeness (QED) is 0.272. The maximum atomic E-state index is 11.2. The lowest BCUT2D eigenvalue weighted by Crippen LogP contribution is -2.46. The second-order valence-electron chi connectivity index (χ2n) is 7.39. The molecule has 2 aliphatic rings. The molecule has 1 amide bonds. The standard InChI is InChI=1S/C18H35N5O.HI/c1-15-6-5-11-23(14-15)18(20-2)21-9-3-4-10-22-12-7-16(8-13-22)17(19)24;/h15-16H,3-14H2,1-2H3,(H2,19,24)(H,20,21);1H. The monoisotopic (exact) mass is 465 g/mol. The Kier molecular flexibility index (Phi) is 10.7. The number of hydrogen-bond acceptors (Lipinski definition) is 3. The number of amides is 1. The Morgan fingerprint density at radius 1 is 1.20 bits per heavy atom. The molecule has 7 heteroatoms. The van der Waals surface area contributed by atoms with Crippen LogP contribution in [0.4, 0.5) is 0 Å². The van der Waals surface area contributed by atoms with Gasteiger partial charge in [0, 0.05) is 32.6 Å². The summed E-state index contributed by atoms with van der Waals surface area (Å²) in [6, 6.07) is 0. The molecule has 0 radical (unpaired) electrons. The van der Waals surface area contributed by atoms with Gasteiger partial charge in [0.05, 0.1) is 0 Å². The maximum absolute atomic E-state index is 11.2. The number of guanidine groups is 1. The molecular formula is C18H36IN5O. The Labute approximate surface area is 170 Å². The molecule has 0 bridgehead atoms. The van der Waals surface area contributed by atoms with Crippen LogP contribution in [0.3, 0.4) is 0 Å². The van der Waals surface area contributed by atoms with E-state index >= 15 is 0 Å². The first kappa shape index (κ1) is 22.5. The number of hydrogen-bond donors (Lipinski definition) is 2. The summed E-state index contributed by atoms with van der Waals surface area (Å²) in [4.78, 5) is 20.5. The van der Waals surface area contributed by atoms with Gasteiger partial charge < -0.3 is 20.9 Å². The molecule has 3 N–H and O–H groups in total. The largest absolute Gasteiger partial charge is 0.369 e. The zero-order chi connectivity index (χ0) is 17.4. The molecule has 2 rings (SSSR count). The highest BCUT2D eigenvalue weighted by Gasteiger charge is 2.22. The van der Waals surface area contributed by atoms with Crippen molar-refractivity contribution in [3.05, 3.63) is 0 Å². The number of nitrogens with two attached hydrogens (primary N) is 1. The summed E-state index contributed by atoms with van der Waals surface area (Å²) in [6.45, 7) is 8.68. The van der Waals surface area contributed by atoms with E-state index in [-0.39, 0.29) is 35.8 Å². The Bertz CT molecular complexity index is 424. The SMILES string of the molecule is CN=C(NCCCCN1CCC(C(N)=O)CC1)N1CCCC(C)C1.I. The lowest BCUT2D eigenvalue weighted by atomic mass is 9.96. The first-order valence-electron chi connectivity index (χ1n) is 9.57. The number of primary amides is 1. The van der Waals surface area contributed by atoms with Crippen LogP contribution in [0.1, 0.15) is 45.4 Å². The zero-order valence-electron chi connectivity index (χ0n) is 15.9. The highest BCUT2D eigenvalue weighted by atomic mass is 127. The summed E-state index contributed by atoms with van der Waals surface area (Å²) < 4.78 is 0. The zero-order valence-corrected chi connectivity index (χ0v) is 18.2. The van der Waals surface area contributed by atoms with Crippen molar-refractivity contribution in [2.45, 2.75) is 45.4 Å². The summed E-state index contributed by atoms with van der Waals surface area (Å²) in [5.74, 6) is 1.79. The Morgan fingerprint density at radius 3 is 2.52 bits per heavy atom. The smallest absolute Gasteiger partial charge is 0.220 e. The molecule has 2 saturated heterocycles. The van der Waals surface area contributed by atoms with Gasteiger partial charge in [0.25, 0.3) is 0 Å². The molecule has 0 saturated carbocycles. The van der Waals surface area contributed by atoms with E-state index in [9.17, 15) is 4.79 Å². The second-order valence-corrected chi connectivity index (χ2v) is 7.39. The van der Waals surface area contributed by atoms with E-state index in [4.69, 9.17) is 5.73 Å². The molecule has 6 nitrogen and oxygen atoms in total. The highest BCUT2D eigenvalue weighted by molar-refractivity contribution is 14.0. The highest BCUT2D eigenvalue weighted by Crippen LogP contribution is 2.17. The number of piperidine rings is 2. The van der Waals surface area contributed by atoms with Gasteiger partial charge in [0.2, 0.25) is 5.91 Å². The normalized spacial score (nSPS) is 23.2. The number of halogens is 1. The van der Waals surface area contributed by atoms with Gasteiger partial charge in [-0.15, -0.1) is 24.0 Å². The Morgan fingerprint density at radius 2 is 1.92 bits per heavy atom. The summed E-state index contributed by atoms with van der Waals surface area (Å²) in [5, 5.41) is 3.52. The van der Waals surface area contributed by atoms with Gasteiger partial charge in [-0.2, -0.15) is 0 Å². The van der Waals surface area contributed by atoms with E-state index in [0.29, 0.717) is 0 Å². The van der Waals surface area contributed by atoms with E-state index in [2.05, 4.69) is 27.0 Å². The molecule has 1 atom stereocenters. The van der Waals surface area contributed by atoms with Crippen LogP contribution in [0.15, 0.2) is 4.99 Å². The van der Waals surface area contributed by atoms with Gasteiger partial charge in [-0.25, -0.2) is 0 Å². The lowest BCUT2D eigenvalue weighted by molar-refractivity contribution is -0.123. The van der Waals surface area contributed by atoms with Crippen molar-refractivity contribution in [3.63, 3.8) is 0 Å². The van der Waals surface area contributed by atoms with Crippen LogP contribution in [0.5, 0.6) is 0 Å². The van der Waals surface area contributed by atoms with Crippen LogP contribution < -0.4 is 11.1 Å². The molecule has 0 aromatic rings. The molecule has 0 spiro atoms. The third-order valence-corrected chi connectivity index (χ3v) is 5.34. The molecular weight excluding hydrogens is 429 g/mol. The van der Waals surface area contributed by atoms with Crippen molar-refractivity contribution in [1.29, 1.82) is 0 Å². The topological polar surface area (TPSA) is 74.0 Å². The number of carbonyl (C=O) groups excluding carboxylic acids is 1. The van der Waals surface area contributed by atoms with Crippen LogP contribution in [0, 0.1) is 11.8 Å². The van der Waals surface area contributed by atoms with Gasteiger partial charge in [0.1, 0.15) is 0 Å². The third-order valence-electron chi connectivity index (χ3n) is 5.34. The van der Waals surface area contributed by atoms with E-state index in [1.165, 1.54) is 19.3 Å². The number of nitrogens with one attached hydrogen (secondary N) is 1. The number of carbonyl (C=O) groups is 1. The lowest BCUT2D eigenvalue weighted by Gasteiger charge is -2.33. The molecule has 0 aliphatic carbocycles. The van der Waals surface area contributed by atoms with E-state index in [1.54, 1.807) is 0 Å². The van der Waals surface area contributed by atoms with Crippen LogP contribution >= 0.6 is 24.0 Å². The van der Waals surface area contributed by atoms with E-state index in [1.807, 2.05) is 7.05 Å².